The van der Waals surface area contributed by atoms with Crippen molar-refractivity contribution in [1.29, 1.82) is 0 Å². The fraction of sp³-hybridized carbons (Fsp3) is 0.480. The monoisotopic (exact) mass is 430 g/mol. The molecule has 1 heterocycles. The molecule has 4 rings (SSSR count). The molecule has 1 saturated carbocycles. The highest BCUT2D eigenvalue weighted by Gasteiger charge is 2.35. The first-order valence-electron chi connectivity index (χ1n) is 10.8. The Balaban J connectivity index is 1.73. The Hall–Kier alpha value is -2.50. The molecule has 0 saturated heterocycles. The van der Waals surface area contributed by atoms with Gasteiger partial charge in [0.05, 0.1) is 11.0 Å². The third kappa shape index (κ3) is 4.73. The van der Waals surface area contributed by atoms with E-state index in [0.29, 0.717) is 12.0 Å². The van der Waals surface area contributed by atoms with Gasteiger partial charge in [-0.3, -0.25) is 0 Å². The van der Waals surface area contributed by atoms with Crippen molar-refractivity contribution in [3.63, 3.8) is 0 Å². The lowest BCUT2D eigenvalue weighted by atomic mass is 9.70. The number of halogens is 3. The minimum absolute atomic E-state index is 0.0623. The normalized spacial score (nSPS) is 22.4. The zero-order chi connectivity index (χ0) is 22.4. The third-order valence-electron chi connectivity index (χ3n) is 6.35. The quantitative estimate of drug-likeness (QED) is 0.429. The van der Waals surface area contributed by atoms with Gasteiger partial charge < -0.3 is 9.30 Å². The molecule has 1 aliphatic rings. The van der Waals surface area contributed by atoms with Gasteiger partial charge in [-0.1, -0.05) is 52.0 Å². The van der Waals surface area contributed by atoms with Crippen LogP contribution >= 0.6 is 0 Å². The molecule has 0 N–H and O–H groups in total. The molecule has 3 nitrogen and oxygen atoms in total. The SMILES string of the molecule is CC(c1ccc(OC(F)(F)F)cc1)c1nc2ccccc2n1[C@H]1C[C@@H](C)CC(C)(C)C1. The lowest BCUT2D eigenvalue weighted by Gasteiger charge is -2.40. The number of rotatable bonds is 4. The molecule has 0 amide bonds. The van der Waals surface area contributed by atoms with E-state index in [4.69, 9.17) is 4.98 Å². The Morgan fingerprint density at radius 1 is 1.06 bits per heavy atom. The number of alkyl halides is 3. The molecular formula is C25H29F3N2O. The van der Waals surface area contributed by atoms with Crippen LogP contribution in [0.15, 0.2) is 48.5 Å². The molecule has 0 aliphatic heterocycles. The predicted octanol–water partition coefficient (Wildman–Crippen LogP) is 7.47. The van der Waals surface area contributed by atoms with E-state index in [1.165, 1.54) is 18.6 Å². The smallest absolute Gasteiger partial charge is 0.406 e. The fourth-order valence-corrected chi connectivity index (χ4v) is 5.35. The van der Waals surface area contributed by atoms with Crippen molar-refractivity contribution in [2.45, 2.75) is 65.3 Å². The molecule has 0 spiro atoms. The minimum Gasteiger partial charge on any atom is -0.406 e. The molecule has 31 heavy (non-hydrogen) atoms. The third-order valence-corrected chi connectivity index (χ3v) is 6.35. The number of ether oxygens (including phenoxy) is 1. The van der Waals surface area contributed by atoms with Crippen LogP contribution in [-0.4, -0.2) is 15.9 Å². The maximum Gasteiger partial charge on any atom is 0.573 e. The van der Waals surface area contributed by atoms with Gasteiger partial charge in [0.25, 0.3) is 0 Å². The lowest BCUT2D eigenvalue weighted by molar-refractivity contribution is -0.274. The first-order valence-corrected chi connectivity index (χ1v) is 10.8. The molecule has 0 radical (unpaired) electrons. The largest absolute Gasteiger partial charge is 0.573 e. The summed E-state index contributed by atoms with van der Waals surface area (Å²) < 4.78 is 43.9. The molecule has 166 valence electrons. The second-order valence-electron chi connectivity index (χ2n) is 9.73. The van der Waals surface area contributed by atoms with E-state index in [2.05, 4.69) is 43.1 Å². The van der Waals surface area contributed by atoms with Crippen LogP contribution in [0.5, 0.6) is 5.75 Å². The molecule has 3 atom stereocenters. The van der Waals surface area contributed by atoms with Gasteiger partial charge >= 0.3 is 6.36 Å². The summed E-state index contributed by atoms with van der Waals surface area (Å²) in [5, 5.41) is 0. The van der Waals surface area contributed by atoms with Crippen LogP contribution in [0.3, 0.4) is 0 Å². The standard InChI is InChI=1S/C25H29F3N2O/c1-16-13-19(15-24(3,4)14-16)30-22-8-6-5-7-21(22)29-23(30)17(2)18-9-11-20(12-10-18)31-25(26,27)28/h5-12,16-17,19H,13-15H2,1-4H3/t16-,17?,19+/m1/s1. The average molecular weight is 431 g/mol. The Bertz CT molecular complexity index is 1050. The molecule has 1 aliphatic carbocycles. The van der Waals surface area contributed by atoms with E-state index in [1.54, 1.807) is 12.1 Å². The molecule has 0 bridgehead atoms. The molecule has 6 heteroatoms. The number of hydrogen-bond acceptors (Lipinski definition) is 2. The van der Waals surface area contributed by atoms with Crippen LogP contribution in [0, 0.1) is 11.3 Å². The Kier molecular flexibility index (Phi) is 5.52. The van der Waals surface area contributed by atoms with E-state index in [-0.39, 0.29) is 17.1 Å². The van der Waals surface area contributed by atoms with Gasteiger partial charge in [0.1, 0.15) is 11.6 Å². The summed E-state index contributed by atoms with van der Waals surface area (Å²) in [6.07, 6.45) is -1.30. The number of imidazole rings is 1. The Labute approximate surface area is 181 Å². The number of para-hydroxylation sites is 2. The number of nitrogens with zero attached hydrogens (tertiary/aromatic N) is 2. The first kappa shape index (κ1) is 21.7. The van der Waals surface area contributed by atoms with E-state index in [9.17, 15) is 13.2 Å². The minimum atomic E-state index is -4.69. The Morgan fingerprint density at radius 3 is 2.39 bits per heavy atom. The highest BCUT2D eigenvalue weighted by atomic mass is 19.4. The van der Waals surface area contributed by atoms with E-state index in [1.807, 2.05) is 18.2 Å². The Morgan fingerprint density at radius 2 is 1.74 bits per heavy atom. The summed E-state index contributed by atoms with van der Waals surface area (Å²) in [6, 6.07) is 14.7. The van der Waals surface area contributed by atoms with Crippen molar-refractivity contribution in [2.24, 2.45) is 11.3 Å². The van der Waals surface area contributed by atoms with Gasteiger partial charge in [-0.2, -0.15) is 0 Å². The van der Waals surface area contributed by atoms with Crippen molar-refractivity contribution in [2.75, 3.05) is 0 Å². The van der Waals surface area contributed by atoms with Crippen molar-refractivity contribution < 1.29 is 17.9 Å². The van der Waals surface area contributed by atoms with E-state index < -0.39 is 6.36 Å². The van der Waals surface area contributed by atoms with Crippen molar-refractivity contribution >= 4 is 11.0 Å². The average Bonchev–Trinajstić information content (AvgIpc) is 3.05. The molecule has 2 aromatic carbocycles. The maximum absolute atomic E-state index is 12.5. The fourth-order valence-electron chi connectivity index (χ4n) is 5.35. The summed E-state index contributed by atoms with van der Waals surface area (Å²) >= 11 is 0. The van der Waals surface area contributed by atoms with Crippen molar-refractivity contribution in [3.05, 3.63) is 59.9 Å². The maximum atomic E-state index is 12.5. The highest BCUT2D eigenvalue weighted by Crippen LogP contribution is 2.46. The second-order valence-corrected chi connectivity index (χ2v) is 9.73. The van der Waals surface area contributed by atoms with Gasteiger partial charge in [0.15, 0.2) is 0 Å². The number of hydrogen-bond donors (Lipinski definition) is 0. The number of fused-ring (bicyclic) bond motifs is 1. The summed E-state index contributed by atoms with van der Waals surface area (Å²) in [7, 11) is 0. The second kappa shape index (κ2) is 7.88. The topological polar surface area (TPSA) is 27.1 Å². The van der Waals surface area contributed by atoms with Crippen LogP contribution < -0.4 is 4.74 Å². The van der Waals surface area contributed by atoms with Crippen LogP contribution in [0.1, 0.15) is 70.3 Å². The van der Waals surface area contributed by atoms with Crippen LogP contribution in [0.2, 0.25) is 0 Å². The van der Waals surface area contributed by atoms with Crippen molar-refractivity contribution in [3.8, 4) is 5.75 Å². The lowest BCUT2D eigenvalue weighted by Crippen LogP contribution is -2.30. The molecule has 1 fully saturated rings. The van der Waals surface area contributed by atoms with Crippen LogP contribution in [0.25, 0.3) is 11.0 Å². The number of aromatic nitrogens is 2. The summed E-state index contributed by atoms with van der Waals surface area (Å²) in [6.45, 7) is 9.04. The van der Waals surface area contributed by atoms with Gasteiger partial charge in [-0.15, -0.1) is 13.2 Å². The zero-order valence-corrected chi connectivity index (χ0v) is 18.4. The molecule has 1 aromatic heterocycles. The molecular weight excluding hydrogens is 401 g/mol. The van der Waals surface area contributed by atoms with Crippen LogP contribution in [-0.2, 0) is 0 Å². The summed E-state index contributed by atoms with van der Waals surface area (Å²) in [5.74, 6) is 1.31. The summed E-state index contributed by atoms with van der Waals surface area (Å²) in [4.78, 5) is 4.97. The van der Waals surface area contributed by atoms with Gasteiger partial charge in [-0.05, 0) is 60.4 Å². The van der Waals surface area contributed by atoms with Gasteiger partial charge in [0.2, 0.25) is 0 Å². The van der Waals surface area contributed by atoms with E-state index >= 15 is 0 Å². The van der Waals surface area contributed by atoms with Gasteiger partial charge in [-0.25, -0.2) is 4.98 Å². The van der Waals surface area contributed by atoms with Crippen LogP contribution in [0.4, 0.5) is 13.2 Å². The van der Waals surface area contributed by atoms with E-state index in [0.717, 1.165) is 35.3 Å². The zero-order valence-electron chi connectivity index (χ0n) is 18.4. The number of benzene rings is 2. The molecule has 3 aromatic rings. The molecule has 1 unspecified atom stereocenters. The summed E-state index contributed by atoms with van der Waals surface area (Å²) in [5.41, 5.74) is 3.24. The first-order chi connectivity index (χ1) is 14.5. The van der Waals surface area contributed by atoms with Gasteiger partial charge in [0, 0.05) is 12.0 Å². The van der Waals surface area contributed by atoms with Crippen molar-refractivity contribution in [1.82, 2.24) is 9.55 Å². The predicted molar refractivity (Wildman–Crippen MR) is 116 cm³/mol. The highest BCUT2D eigenvalue weighted by molar-refractivity contribution is 5.76.